The molecule has 102 valence electrons. The van der Waals surface area contributed by atoms with Crippen molar-refractivity contribution in [3.8, 4) is 11.8 Å². The number of amides is 1. The number of rotatable bonds is 4. The van der Waals surface area contributed by atoms with E-state index in [2.05, 4.69) is 30.7 Å². The molecule has 1 N–H and O–H groups in total. The average Bonchev–Trinajstić information content (AvgIpc) is 2.38. The lowest BCUT2D eigenvalue weighted by molar-refractivity contribution is 0.0778. The molecule has 0 aliphatic rings. The lowest BCUT2D eigenvalue weighted by Crippen LogP contribution is -2.30. The Bertz CT molecular complexity index is 486. The molecule has 1 heterocycles. The summed E-state index contributed by atoms with van der Waals surface area (Å²) in [4.78, 5) is 17.9. The van der Waals surface area contributed by atoms with Crippen LogP contribution in [0.2, 0.25) is 0 Å². The molecule has 0 unspecified atom stereocenters. The molecule has 0 aliphatic carbocycles. The van der Waals surface area contributed by atoms with E-state index in [1.807, 2.05) is 0 Å². The van der Waals surface area contributed by atoms with Gasteiger partial charge in [-0.3, -0.25) is 9.78 Å². The van der Waals surface area contributed by atoms with E-state index in [1.54, 1.807) is 30.4 Å². The van der Waals surface area contributed by atoms with Gasteiger partial charge in [-0.25, -0.2) is 0 Å². The number of nitrogens with zero attached hydrogens (tertiary/aromatic N) is 2. The molecule has 1 aromatic rings. The minimum atomic E-state index is -0.0491. The summed E-state index contributed by atoms with van der Waals surface area (Å²) < 4.78 is 0. The Balaban J connectivity index is 2.82. The molecular formula is C15H20N2O2. The van der Waals surface area contributed by atoms with Crippen LogP contribution < -0.4 is 0 Å². The smallest absolute Gasteiger partial charge is 0.255 e. The van der Waals surface area contributed by atoms with E-state index in [-0.39, 0.29) is 12.5 Å². The van der Waals surface area contributed by atoms with Crippen LogP contribution in [0.4, 0.5) is 0 Å². The Labute approximate surface area is 114 Å². The first-order valence-corrected chi connectivity index (χ1v) is 6.35. The Morgan fingerprint density at radius 1 is 1.47 bits per heavy atom. The summed E-state index contributed by atoms with van der Waals surface area (Å²) >= 11 is 0. The molecule has 0 aromatic carbocycles. The number of aliphatic hydroxyl groups is 1. The minimum Gasteiger partial charge on any atom is -0.395 e. The van der Waals surface area contributed by atoms with E-state index >= 15 is 0 Å². The Morgan fingerprint density at radius 3 is 2.84 bits per heavy atom. The maximum Gasteiger partial charge on any atom is 0.255 e. The van der Waals surface area contributed by atoms with Crippen LogP contribution in [-0.2, 0) is 0 Å². The maximum absolute atomic E-state index is 12.2. The van der Waals surface area contributed by atoms with Gasteiger partial charge >= 0.3 is 0 Å². The highest BCUT2D eigenvalue weighted by Gasteiger charge is 2.13. The van der Waals surface area contributed by atoms with Crippen molar-refractivity contribution in [3.63, 3.8) is 0 Å². The fraction of sp³-hybridized carbons (Fsp3) is 0.467. The molecule has 0 aliphatic heterocycles. The minimum absolute atomic E-state index is 0.0379. The zero-order chi connectivity index (χ0) is 14.3. The van der Waals surface area contributed by atoms with Crippen LogP contribution in [0.5, 0.6) is 0 Å². The third kappa shape index (κ3) is 5.11. The molecular weight excluding hydrogens is 240 g/mol. The largest absolute Gasteiger partial charge is 0.395 e. The van der Waals surface area contributed by atoms with Crippen LogP contribution >= 0.6 is 0 Å². The van der Waals surface area contributed by atoms with Gasteiger partial charge < -0.3 is 10.0 Å². The van der Waals surface area contributed by atoms with E-state index < -0.39 is 0 Å². The van der Waals surface area contributed by atoms with Crippen molar-refractivity contribution in [2.45, 2.75) is 20.3 Å². The number of hydrogen-bond donors (Lipinski definition) is 1. The first-order valence-electron chi connectivity index (χ1n) is 6.35. The third-order valence-electron chi connectivity index (χ3n) is 2.44. The highest BCUT2D eigenvalue weighted by molar-refractivity contribution is 5.94. The third-order valence-corrected chi connectivity index (χ3v) is 2.44. The molecule has 0 saturated heterocycles. The topological polar surface area (TPSA) is 53.4 Å². The zero-order valence-corrected chi connectivity index (χ0v) is 11.7. The van der Waals surface area contributed by atoms with Crippen molar-refractivity contribution in [2.24, 2.45) is 5.92 Å². The summed E-state index contributed by atoms with van der Waals surface area (Å²) in [5.41, 5.74) is 1.23. The number of carbonyl (C=O) groups excluding carboxylic acids is 1. The van der Waals surface area contributed by atoms with Crippen molar-refractivity contribution < 1.29 is 9.90 Å². The standard InChI is InChI=1S/C15H20N2O2/c1-12(2)11-17(3)15(19)14-8-13(9-16-10-14)6-4-5-7-18/h8-10,12,18H,5,7,11H2,1-3H3. The van der Waals surface area contributed by atoms with Crippen molar-refractivity contribution >= 4 is 5.91 Å². The molecule has 0 saturated carbocycles. The zero-order valence-electron chi connectivity index (χ0n) is 11.7. The van der Waals surface area contributed by atoms with Crippen molar-refractivity contribution in [1.29, 1.82) is 0 Å². The number of aliphatic hydroxyl groups excluding tert-OH is 1. The number of carbonyl (C=O) groups is 1. The molecule has 0 bridgehead atoms. The molecule has 1 amide bonds. The van der Waals surface area contributed by atoms with Crippen molar-refractivity contribution in [3.05, 3.63) is 29.6 Å². The van der Waals surface area contributed by atoms with Gasteiger partial charge in [0.1, 0.15) is 0 Å². The number of aromatic nitrogens is 1. The first-order chi connectivity index (χ1) is 9.04. The van der Waals surface area contributed by atoms with Gasteiger partial charge in [-0.15, -0.1) is 0 Å². The molecule has 1 rings (SSSR count). The van der Waals surface area contributed by atoms with Crippen LogP contribution in [0.15, 0.2) is 18.5 Å². The predicted octanol–water partition coefficient (Wildman–Crippen LogP) is 1.54. The van der Waals surface area contributed by atoms with Gasteiger partial charge in [-0.2, -0.15) is 0 Å². The lowest BCUT2D eigenvalue weighted by atomic mass is 10.1. The number of hydrogen-bond acceptors (Lipinski definition) is 3. The van der Waals surface area contributed by atoms with Gasteiger partial charge in [0.2, 0.25) is 0 Å². The van der Waals surface area contributed by atoms with Gasteiger partial charge in [0.25, 0.3) is 5.91 Å². The van der Waals surface area contributed by atoms with Crippen LogP contribution in [0.3, 0.4) is 0 Å². The maximum atomic E-state index is 12.2. The highest BCUT2D eigenvalue weighted by atomic mass is 16.2. The fourth-order valence-corrected chi connectivity index (χ4v) is 1.70. The van der Waals surface area contributed by atoms with E-state index in [0.29, 0.717) is 30.0 Å². The molecule has 19 heavy (non-hydrogen) atoms. The van der Waals surface area contributed by atoms with Crippen molar-refractivity contribution in [1.82, 2.24) is 9.88 Å². The summed E-state index contributed by atoms with van der Waals surface area (Å²) in [6.07, 6.45) is 3.59. The van der Waals surface area contributed by atoms with Crippen LogP contribution in [-0.4, -0.2) is 41.1 Å². The second-order valence-electron chi connectivity index (χ2n) is 4.82. The van der Waals surface area contributed by atoms with Gasteiger partial charge in [0.05, 0.1) is 12.2 Å². The van der Waals surface area contributed by atoms with E-state index in [0.717, 1.165) is 0 Å². The van der Waals surface area contributed by atoms with E-state index in [4.69, 9.17) is 5.11 Å². The van der Waals surface area contributed by atoms with Gasteiger partial charge in [-0.05, 0) is 12.0 Å². The summed E-state index contributed by atoms with van der Waals surface area (Å²) in [5, 5.41) is 8.66. The van der Waals surface area contributed by atoms with Crippen LogP contribution in [0.25, 0.3) is 0 Å². The summed E-state index contributed by atoms with van der Waals surface area (Å²) in [7, 11) is 1.78. The summed E-state index contributed by atoms with van der Waals surface area (Å²) in [6, 6.07) is 1.73. The molecule has 0 radical (unpaired) electrons. The summed E-state index contributed by atoms with van der Waals surface area (Å²) in [5.74, 6) is 6.07. The molecule has 0 fully saturated rings. The molecule has 1 aromatic heterocycles. The van der Waals surface area contributed by atoms with Crippen LogP contribution in [0.1, 0.15) is 36.2 Å². The summed E-state index contributed by atoms with van der Waals surface area (Å²) in [6.45, 7) is 4.88. The molecule has 4 heteroatoms. The fourth-order valence-electron chi connectivity index (χ4n) is 1.70. The van der Waals surface area contributed by atoms with Gasteiger partial charge in [-0.1, -0.05) is 25.7 Å². The average molecular weight is 260 g/mol. The normalized spacial score (nSPS) is 9.95. The molecule has 4 nitrogen and oxygen atoms in total. The highest BCUT2D eigenvalue weighted by Crippen LogP contribution is 2.07. The monoisotopic (exact) mass is 260 g/mol. The van der Waals surface area contributed by atoms with Gasteiger partial charge in [0, 0.05) is 38.0 Å². The Morgan fingerprint density at radius 2 is 2.21 bits per heavy atom. The Kier molecular flexibility index (Phi) is 6.04. The second kappa shape index (κ2) is 7.55. The SMILES string of the molecule is CC(C)CN(C)C(=O)c1cncc(C#CCCO)c1. The van der Waals surface area contributed by atoms with E-state index in [1.165, 1.54) is 0 Å². The van der Waals surface area contributed by atoms with Crippen molar-refractivity contribution in [2.75, 3.05) is 20.2 Å². The quantitative estimate of drug-likeness (QED) is 0.836. The Hall–Kier alpha value is -1.86. The first kappa shape index (κ1) is 15.2. The van der Waals surface area contributed by atoms with Crippen LogP contribution in [0, 0.1) is 17.8 Å². The predicted molar refractivity (Wildman–Crippen MR) is 74.6 cm³/mol. The molecule has 0 atom stereocenters. The second-order valence-corrected chi connectivity index (χ2v) is 4.82. The lowest BCUT2D eigenvalue weighted by Gasteiger charge is -2.19. The van der Waals surface area contributed by atoms with Gasteiger partial charge in [0.15, 0.2) is 0 Å². The molecule has 0 spiro atoms. The van der Waals surface area contributed by atoms with E-state index in [9.17, 15) is 4.79 Å². The number of pyridine rings is 1.